The van der Waals surface area contributed by atoms with Gasteiger partial charge in [0, 0.05) is 16.5 Å². The lowest BCUT2D eigenvalue weighted by Gasteiger charge is -2.25. The average molecular weight is 503 g/mol. The van der Waals surface area contributed by atoms with Gasteiger partial charge >= 0.3 is 0 Å². The second kappa shape index (κ2) is 11.6. The molecular formula is C25H27ClN2O3S2. The fourth-order valence-corrected chi connectivity index (χ4v) is 5.65. The fraction of sp³-hybridized carbons (Fsp3) is 0.240. The van der Waals surface area contributed by atoms with Crippen molar-refractivity contribution in [2.24, 2.45) is 0 Å². The highest BCUT2D eigenvalue weighted by Crippen LogP contribution is 2.27. The maximum absolute atomic E-state index is 13.4. The molecule has 3 rings (SSSR count). The van der Waals surface area contributed by atoms with E-state index in [0.717, 1.165) is 28.2 Å². The smallest absolute Gasteiger partial charge is 0.264 e. The lowest BCUT2D eigenvalue weighted by Crippen LogP contribution is -2.41. The zero-order valence-corrected chi connectivity index (χ0v) is 21.0. The number of hydrogen-bond donors (Lipinski definition) is 1. The Bertz CT molecular complexity index is 1180. The SMILES string of the molecule is Cc1ccc(S(=O)(=O)N(CC(=O)NCCCSc2ccc(Cl)cc2)c2ccccc2C)cc1. The van der Waals surface area contributed by atoms with E-state index in [-0.39, 0.29) is 17.3 Å². The molecule has 0 fully saturated rings. The van der Waals surface area contributed by atoms with Gasteiger partial charge in [0.25, 0.3) is 10.0 Å². The molecular weight excluding hydrogens is 476 g/mol. The molecule has 0 spiro atoms. The number of rotatable bonds is 10. The Hall–Kier alpha value is -2.48. The Morgan fingerprint density at radius 1 is 0.970 bits per heavy atom. The van der Waals surface area contributed by atoms with E-state index in [0.29, 0.717) is 17.3 Å². The van der Waals surface area contributed by atoms with E-state index in [2.05, 4.69) is 5.32 Å². The number of anilines is 1. The van der Waals surface area contributed by atoms with Gasteiger partial charge < -0.3 is 5.32 Å². The van der Waals surface area contributed by atoms with Crippen LogP contribution in [0.4, 0.5) is 5.69 Å². The molecule has 5 nitrogen and oxygen atoms in total. The van der Waals surface area contributed by atoms with E-state index >= 15 is 0 Å². The average Bonchev–Trinajstić information content (AvgIpc) is 2.79. The van der Waals surface area contributed by atoms with Gasteiger partial charge in [-0.2, -0.15) is 0 Å². The molecule has 0 unspecified atom stereocenters. The van der Waals surface area contributed by atoms with Gasteiger partial charge in [-0.15, -0.1) is 11.8 Å². The number of thioether (sulfide) groups is 1. The molecule has 3 aromatic carbocycles. The first-order valence-electron chi connectivity index (χ1n) is 10.6. The number of hydrogen-bond acceptors (Lipinski definition) is 4. The fourth-order valence-electron chi connectivity index (χ4n) is 3.19. The molecule has 0 aliphatic rings. The molecule has 33 heavy (non-hydrogen) atoms. The van der Waals surface area contributed by atoms with Crippen LogP contribution in [0.25, 0.3) is 0 Å². The highest BCUT2D eigenvalue weighted by molar-refractivity contribution is 7.99. The number of amides is 1. The number of aryl methyl sites for hydroxylation is 2. The molecule has 0 aliphatic carbocycles. The van der Waals surface area contributed by atoms with E-state index in [9.17, 15) is 13.2 Å². The van der Waals surface area contributed by atoms with Gasteiger partial charge in [0.15, 0.2) is 0 Å². The maximum Gasteiger partial charge on any atom is 0.264 e. The largest absolute Gasteiger partial charge is 0.354 e. The van der Waals surface area contributed by atoms with Crippen molar-refractivity contribution in [2.45, 2.75) is 30.1 Å². The van der Waals surface area contributed by atoms with Gasteiger partial charge in [0.05, 0.1) is 10.6 Å². The Morgan fingerprint density at radius 3 is 2.30 bits per heavy atom. The van der Waals surface area contributed by atoms with E-state index in [4.69, 9.17) is 11.6 Å². The van der Waals surface area contributed by atoms with E-state index in [1.807, 2.05) is 50.2 Å². The number of sulfonamides is 1. The summed E-state index contributed by atoms with van der Waals surface area (Å²) in [6.45, 7) is 3.91. The van der Waals surface area contributed by atoms with Crippen LogP contribution in [-0.4, -0.2) is 33.2 Å². The molecule has 174 valence electrons. The molecule has 3 aromatic rings. The highest BCUT2D eigenvalue weighted by atomic mass is 35.5. The van der Waals surface area contributed by atoms with Crippen LogP contribution in [0.15, 0.2) is 82.6 Å². The minimum atomic E-state index is -3.91. The van der Waals surface area contributed by atoms with Gasteiger partial charge in [-0.1, -0.05) is 47.5 Å². The Labute approximate surface area is 205 Å². The summed E-state index contributed by atoms with van der Waals surface area (Å²) in [7, 11) is -3.91. The third-order valence-electron chi connectivity index (χ3n) is 5.01. The van der Waals surface area contributed by atoms with Gasteiger partial charge in [0.2, 0.25) is 5.91 Å². The van der Waals surface area contributed by atoms with Crippen LogP contribution in [0.3, 0.4) is 0 Å². The summed E-state index contributed by atoms with van der Waals surface area (Å²) in [5.41, 5.74) is 2.23. The van der Waals surface area contributed by atoms with E-state index in [1.165, 1.54) is 4.31 Å². The number of nitrogens with one attached hydrogen (secondary N) is 1. The van der Waals surface area contributed by atoms with Gasteiger partial charge in [-0.3, -0.25) is 9.10 Å². The molecule has 0 heterocycles. The summed E-state index contributed by atoms with van der Waals surface area (Å²) < 4.78 is 28.0. The lowest BCUT2D eigenvalue weighted by atomic mass is 10.2. The molecule has 0 aliphatic heterocycles. The maximum atomic E-state index is 13.4. The van der Waals surface area contributed by atoms with Crippen LogP contribution >= 0.6 is 23.4 Å². The lowest BCUT2D eigenvalue weighted by molar-refractivity contribution is -0.119. The summed E-state index contributed by atoms with van der Waals surface area (Å²) in [6.07, 6.45) is 0.758. The van der Waals surface area contributed by atoms with Gasteiger partial charge in [-0.25, -0.2) is 8.42 Å². The highest BCUT2D eigenvalue weighted by Gasteiger charge is 2.28. The predicted octanol–water partition coefficient (Wildman–Crippen LogP) is 5.45. The molecule has 1 N–H and O–H groups in total. The quantitative estimate of drug-likeness (QED) is 0.295. The summed E-state index contributed by atoms with van der Waals surface area (Å²) in [5.74, 6) is 0.482. The van der Waals surface area contributed by atoms with Crippen molar-refractivity contribution in [3.8, 4) is 0 Å². The predicted molar refractivity (Wildman–Crippen MR) is 137 cm³/mol. The number of para-hydroxylation sites is 1. The Morgan fingerprint density at radius 2 is 1.64 bits per heavy atom. The molecule has 0 aromatic heterocycles. The van der Waals surface area contributed by atoms with Crippen molar-refractivity contribution in [3.63, 3.8) is 0 Å². The first-order valence-corrected chi connectivity index (χ1v) is 13.4. The third-order valence-corrected chi connectivity index (χ3v) is 8.13. The van der Waals surface area contributed by atoms with Crippen molar-refractivity contribution in [1.82, 2.24) is 5.32 Å². The minimum Gasteiger partial charge on any atom is -0.354 e. The summed E-state index contributed by atoms with van der Waals surface area (Å²) >= 11 is 7.58. The molecule has 8 heteroatoms. The number of nitrogens with zero attached hydrogens (tertiary/aromatic N) is 1. The van der Waals surface area contributed by atoms with Crippen LogP contribution in [0, 0.1) is 13.8 Å². The molecule has 0 atom stereocenters. The molecule has 0 saturated heterocycles. The van der Waals surface area contributed by atoms with Crippen LogP contribution < -0.4 is 9.62 Å². The van der Waals surface area contributed by atoms with E-state index in [1.54, 1.807) is 48.2 Å². The third kappa shape index (κ3) is 7.00. The van der Waals surface area contributed by atoms with Crippen molar-refractivity contribution in [2.75, 3.05) is 23.1 Å². The molecule has 0 bridgehead atoms. The van der Waals surface area contributed by atoms with Crippen molar-refractivity contribution >= 4 is 45.0 Å². The number of carbonyl (C=O) groups is 1. The summed E-state index contributed by atoms with van der Waals surface area (Å²) in [6, 6.07) is 21.4. The molecule has 0 radical (unpaired) electrons. The molecule has 0 saturated carbocycles. The number of halogens is 1. The van der Waals surface area contributed by atoms with Gasteiger partial charge in [0.1, 0.15) is 6.54 Å². The number of benzene rings is 3. The van der Waals surface area contributed by atoms with Crippen LogP contribution in [0.5, 0.6) is 0 Å². The monoisotopic (exact) mass is 502 g/mol. The summed E-state index contributed by atoms with van der Waals surface area (Å²) in [4.78, 5) is 14.0. The Balaban J connectivity index is 1.65. The summed E-state index contributed by atoms with van der Waals surface area (Å²) in [5, 5.41) is 3.55. The first kappa shape index (κ1) is 25.1. The zero-order valence-electron chi connectivity index (χ0n) is 18.6. The topological polar surface area (TPSA) is 66.5 Å². The van der Waals surface area contributed by atoms with Crippen molar-refractivity contribution in [1.29, 1.82) is 0 Å². The van der Waals surface area contributed by atoms with Gasteiger partial charge in [-0.05, 0) is 74.0 Å². The van der Waals surface area contributed by atoms with Crippen LogP contribution in [0.2, 0.25) is 5.02 Å². The standard InChI is InChI=1S/C25H27ClN2O3S2/c1-19-8-14-23(15-9-19)33(30,31)28(24-7-4-3-6-20(24)2)18-25(29)27-16-5-17-32-22-12-10-21(26)11-13-22/h3-4,6-15H,5,16-18H2,1-2H3,(H,27,29). The normalized spacial score (nSPS) is 11.2. The second-order valence-electron chi connectivity index (χ2n) is 7.62. The Kier molecular flexibility index (Phi) is 8.83. The van der Waals surface area contributed by atoms with Crippen LogP contribution in [-0.2, 0) is 14.8 Å². The van der Waals surface area contributed by atoms with Crippen LogP contribution in [0.1, 0.15) is 17.5 Å². The van der Waals surface area contributed by atoms with Crippen molar-refractivity contribution in [3.05, 3.63) is 88.9 Å². The first-order chi connectivity index (χ1) is 15.8. The molecule has 1 amide bonds. The minimum absolute atomic E-state index is 0.156. The zero-order chi connectivity index (χ0) is 23.8. The second-order valence-corrected chi connectivity index (χ2v) is 11.1. The van der Waals surface area contributed by atoms with E-state index < -0.39 is 10.0 Å². The number of carbonyl (C=O) groups excluding carboxylic acids is 1. The van der Waals surface area contributed by atoms with Crippen molar-refractivity contribution < 1.29 is 13.2 Å².